The Morgan fingerprint density at radius 3 is 2.32 bits per heavy atom. The van der Waals surface area contributed by atoms with Gasteiger partial charge in [-0.2, -0.15) is 0 Å². The second-order valence-electron chi connectivity index (χ2n) is 6.72. The van der Waals surface area contributed by atoms with Gasteiger partial charge >= 0.3 is 11.7 Å². The summed E-state index contributed by atoms with van der Waals surface area (Å²) in [6, 6.07) is 10.2. The summed E-state index contributed by atoms with van der Waals surface area (Å²) >= 11 is 0. The molecule has 9 heteroatoms. The third-order valence-corrected chi connectivity index (χ3v) is 4.75. The summed E-state index contributed by atoms with van der Waals surface area (Å²) in [7, 11) is 4.49. The molecule has 0 unspecified atom stereocenters. The third kappa shape index (κ3) is 4.88. The molecular weight excluding hydrogens is 404 g/mol. The Hall–Kier alpha value is -3.75. The van der Waals surface area contributed by atoms with Gasteiger partial charge in [-0.3, -0.25) is 14.2 Å². The molecule has 0 fully saturated rings. The van der Waals surface area contributed by atoms with Crippen LogP contribution in [-0.2, 0) is 22.5 Å². The van der Waals surface area contributed by atoms with E-state index in [2.05, 4.69) is 4.98 Å². The second kappa shape index (κ2) is 9.84. The minimum absolute atomic E-state index is 0.00716. The highest BCUT2D eigenvalue weighted by molar-refractivity contribution is 5.77. The summed E-state index contributed by atoms with van der Waals surface area (Å²) in [4.78, 5) is 39.5. The summed E-state index contributed by atoms with van der Waals surface area (Å²) in [5.41, 5.74) is 0.266. The topological polar surface area (TPSA) is 109 Å². The molecule has 164 valence electrons. The molecule has 1 aromatic heterocycles. The number of carbonyl (C=O) groups excluding carboxylic acids is 1. The number of ether oxygens (including phenoxy) is 4. The van der Waals surface area contributed by atoms with E-state index < -0.39 is 11.7 Å². The quantitative estimate of drug-likeness (QED) is 0.409. The van der Waals surface area contributed by atoms with Crippen molar-refractivity contribution in [2.75, 3.05) is 27.9 Å². The van der Waals surface area contributed by atoms with E-state index in [1.165, 1.54) is 21.3 Å². The minimum Gasteiger partial charge on any atom is -0.493 e. The molecule has 0 saturated heterocycles. The maximum atomic E-state index is 12.5. The number of rotatable bonds is 9. The van der Waals surface area contributed by atoms with Crippen LogP contribution in [0.25, 0.3) is 10.9 Å². The molecule has 9 nitrogen and oxygen atoms in total. The number of esters is 1. The molecular formula is C22H24N2O7. The van der Waals surface area contributed by atoms with Gasteiger partial charge in [0.2, 0.25) is 5.75 Å². The highest BCUT2D eigenvalue weighted by Gasteiger charge is 2.15. The SMILES string of the molecule is COc1cc(CC(=O)OCCCn2c(=O)[nH]c3ccccc3c2=O)cc(OC)c1OC. The first-order chi connectivity index (χ1) is 15.0. The van der Waals surface area contributed by atoms with Crippen LogP contribution in [0.2, 0.25) is 0 Å². The molecule has 3 rings (SSSR count). The Morgan fingerprint density at radius 2 is 1.68 bits per heavy atom. The lowest BCUT2D eigenvalue weighted by Crippen LogP contribution is -2.35. The summed E-state index contributed by atoms with van der Waals surface area (Å²) in [5, 5.41) is 0.432. The molecule has 3 aromatic rings. The summed E-state index contributed by atoms with van der Waals surface area (Å²) < 4.78 is 22.2. The lowest BCUT2D eigenvalue weighted by Gasteiger charge is -2.14. The molecule has 0 aliphatic heterocycles. The normalized spacial score (nSPS) is 10.7. The summed E-state index contributed by atoms with van der Waals surface area (Å²) in [5.74, 6) is 0.876. The Bertz CT molecular complexity index is 1170. The Balaban J connectivity index is 1.60. The molecule has 0 bridgehead atoms. The smallest absolute Gasteiger partial charge is 0.328 e. The first-order valence-electron chi connectivity index (χ1n) is 9.64. The molecule has 2 aromatic carbocycles. The Kier molecular flexibility index (Phi) is 6.96. The van der Waals surface area contributed by atoms with E-state index >= 15 is 0 Å². The maximum absolute atomic E-state index is 12.5. The molecule has 1 N–H and O–H groups in total. The van der Waals surface area contributed by atoms with Gasteiger partial charge in [-0.1, -0.05) is 12.1 Å². The van der Waals surface area contributed by atoms with Crippen LogP contribution in [-0.4, -0.2) is 43.5 Å². The Morgan fingerprint density at radius 1 is 1.00 bits per heavy atom. The van der Waals surface area contributed by atoms with E-state index in [1.807, 2.05) is 0 Å². The molecule has 0 aliphatic rings. The van der Waals surface area contributed by atoms with Crippen molar-refractivity contribution in [3.63, 3.8) is 0 Å². The molecule has 0 radical (unpaired) electrons. The maximum Gasteiger partial charge on any atom is 0.328 e. The van der Waals surface area contributed by atoms with Crippen molar-refractivity contribution in [3.8, 4) is 17.2 Å². The number of aromatic amines is 1. The van der Waals surface area contributed by atoms with Crippen LogP contribution in [0.5, 0.6) is 17.2 Å². The molecule has 0 amide bonds. The van der Waals surface area contributed by atoms with Gasteiger partial charge in [-0.05, 0) is 36.2 Å². The van der Waals surface area contributed by atoms with Crippen molar-refractivity contribution < 1.29 is 23.7 Å². The zero-order chi connectivity index (χ0) is 22.4. The van der Waals surface area contributed by atoms with Crippen LogP contribution in [0.4, 0.5) is 0 Å². The number of benzene rings is 2. The van der Waals surface area contributed by atoms with Crippen molar-refractivity contribution >= 4 is 16.9 Å². The highest BCUT2D eigenvalue weighted by atomic mass is 16.5. The number of nitrogens with one attached hydrogen (secondary N) is 1. The van der Waals surface area contributed by atoms with E-state index in [4.69, 9.17) is 18.9 Å². The van der Waals surface area contributed by atoms with E-state index in [-0.39, 0.29) is 25.1 Å². The average molecular weight is 428 g/mol. The first kappa shape index (κ1) is 21.9. The molecule has 31 heavy (non-hydrogen) atoms. The van der Waals surface area contributed by atoms with E-state index in [0.29, 0.717) is 40.1 Å². The minimum atomic E-state index is -0.493. The first-order valence-corrected chi connectivity index (χ1v) is 9.64. The van der Waals surface area contributed by atoms with E-state index in [9.17, 15) is 14.4 Å². The summed E-state index contributed by atoms with van der Waals surface area (Å²) in [6.45, 7) is 0.207. The fraction of sp³-hybridized carbons (Fsp3) is 0.318. The van der Waals surface area contributed by atoms with Crippen LogP contribution in [0.1, 0.15) is 12.0 Å². The molecule has 0 spiro atoms. The largest absolute Gasteiger partial charge is 0.493 e. The lowest BCUT2D eigenvalue weighted by atomic mass is 10.1. The van der Waals surface area contributed by atoms with Crippen molar-refractivity contribution in [2.45, 2.75) is 19.4 Å². The van der Waals surface area contributed by atoms with Crippen molar-refractivity contribution in [1.82, 2.24) is 9.55 Å². The van der Waals surface area contributed by atoms with Crippen LogP contribution in [0, 0.1) is 0 Å². The number of para-hydroxylation sites is 1. The molecule has 0 atom stereocenters. The Labute approximate surface area is 178 Å². The number of methoxy groups -OCH3 is 3. The molecule has 1 heterocycles. The number of aromatic nitrogens is 2. The number of nitrogens with zero attached hydrogens (tertiary/aromatic N) is 1. The number of hydrogen-bond donors (Lipinski definition) is 1. The lowest BCUT2D eigenvalue weighted by molar-refractivity contribution is -0.143. The van der Waals surface area contributed by atoms with Gasteiger partial charge in [-0.25, -0.2) is 4.79 Å². The van der Waals surface area contributed by atoms with Gasteiger partial charge in [0.15, 0.2) is 11.5 Å². The van der Waals surface area contributed by atoms with Crippen molar-refractivity contribution in [1.29, 1.82) is 0 Å². The predicted molar refractivity (Wildman–Crippen MR) is 114 cm³/mol. The third-order valence-electron chi connectivity index (χ3n) is 4.75. The van der Waals surface area contributed by atoms with Gasteiger partial charge < -0.3 is 23.9 Å². The number of hydrogen-bond acceptors (Lipinski definition) is 7. The zero-order valence-electron chi connectivity index (χ0n) is 17.6. The van der Waals surface area contributed by atoms with Crippen molar-refractivity contribution in [3.05, 3.63) is 62.8 Å². The van der Waals surface area contributed by atoms with Gasteiger partial charge in [0.1, 0.15) is 0 Å². The number of H-pyrrole nitrogens is 1. The standard InChI is InChI=1S/C22H24N2O7/c1-28-17-11-14(12-18(29-2)20(17)30-3)13-19(25)31-10-6-9-24-21(26)15-7-4-5-8-16(15)23-22(24)27/h4-5,7-8,11-12H,6,9-10,13H2,1-3H3,(H,23,27). The van der Waals surface area contributed by atoms with E-state index in [1.54, 1.807) is 36.4 Å². The average Bonchev–Trinajstić information content (AvgIpc) is 2.77. The highest BCUT2D eigenvalue weighted by Crippen LogP contribution is 2.38. The van der Waals surface area contributed by atoms with Gasteiger partial charge in [0.25, 0.3) is 5.56 Å². The van der Waals surface area contributed by atoms with Crippen LogP contribution in [0.15, 0.2) is 46.0 Å². The van der Waals surface area contributed by atoms with Gasteiger partial charge in [0, 0.05) is 6.54 Å². The molecule has 0 aliphatic carbocycles. The van der Waals surface area contributed by atoms with Crippen LogP contribution >= 0.6 is 0 Å². The fourth-order valence-corrected chi connectivity index (χ4v) is 3.27. The zero-order valence-corrected chi connectivity index (χ0v) is 17.6. The number of fused-ring (bicyclic) bond motifs is 1. The number of carbonyl (C=O) groups is 1. The second-order valence-corrected chi connectivity index (χ2v) is 6.72. The van der Waals surface area contributed by atoms with Gasteiger partial charge in [-0.15, -0.1) is 0 Å². The fourth-order valence-electron chi connectivity index (χ4n) is 3.27. The monoisotopic (exact) mass is 428 g/mol. The van der Waals surface area contributed by atoms with Crippen molar-refractivity contribution in [2.24, 2.45) is 0 Å². The van der Waals surface area contributed by atoms with E-state index in [0.717, 1.165) is 4.57 Å². The molecule has 0 saturated carbocycles. The van der Waals surface area contributed by atoms with Crippen LogP contribution < -0.4 is 25.5 Å². The predicted octanol–water partition coefficient (Wildman–Crippen LogP) is 1.89. The van der Waals surface area contributed by atoms with Crippen LogP contribution in [0.3, 0.4) is 0 Å². The van der Waals surface area contributed by atoms with Gasteiger partial charge in [0.05, 0.1) is 45.3 Å². The summed E-state index contributed by atoms with van der Waals surface area (Å²) in [6.07, 6.45) is 0.329.